The highest BCUT2D eigenvalue weighted by Gasteiger charge is 2.49. The summed E-state index contributed by atoms with van der Waals surface area (Å²) in [6.07, 6.45) is 0. The molecule has 7 rings (SSSR count). The lowest BCUT2D eigenvalue weighted by Crippen LogP contribution is -2.45. The third-order valence-electron chi connectivity index (χ3n) is 7.17. The van der Waals surface area contributed by atoms with Crippen molar-refractivity contribution in [2.24, 2.45) is 0 Å². The van der Waals surface area contributed by atoms with Crippen molar-refractivity contribution >= 4 is 108 Å². The maximum absolute atomic E-state index is 15.4. The Balaban J connectivity index is 1.68. The van der Waals surface area contributed by atoms with Crippen LogP contribution in [0.2, 0.25) is 0 Å². The highest BCUT2D eigenvalue weighted by atomic mass is 127. The van der Waals surface area contributed by atoms with Crippen LogP contribution in [0, 0.1) is 7.14 Å². The zero-order chi connectivity index (χ0) is 25.4. The molecule has 37 heavy (non-hydrogen) atoms. The average Bonchev–Trinajstić information content (AvgIpc) is 2.93. The molecule has 0 aliphatic carbocycles. The Labute approximate surface area is 243 Å². The zero-order valence-corrected chi connectivity index (χ0v) is 25.5. The number of fused-ring (bicyclic) bond motifs is 4. The molecule has 0 spiro atoms. The van der Waals surface area contributed by atoms with Crippen LogP contribution < -0.4 is 36.7 Å². The van der Waals surface area contributed by atoms with E-state index in [2.05, 4.69) is 62.2 Å². The van der Waals surface area contributed by atoms with Gasteiger partial charge in [0.05, 0.1) is 17.1 Å². The van der Waals surface area contributed by atoms with E-state index in [9.17, 15) is 0 Å². The summed E-state index contributed by atoms with van der Waals surface area (Å²) in [6.45, 7) is 0. The third-order valence-corrected chi connectivity index (χ3v) is 14.8. The molecule has 0 amide bonds. The molecule has 2 aliphatic heterocycles. The van der Waals surface area contributed by atoms with Crippen LogP contribution in [0.3, 0.4) is 0 Å². The highest BCUT2D eigenvalue weighted by Crippen LogP contribution is 2.60. The molecule has 0 aromatic heterocycles. The number of hydrogen-bond acceptors (Lipinski definition) is 3. The Bertz CT molecular complexity index is 1690. The monoisotopic (exact) mass is 741 g/mol. The number of rotatable bonds is 2. The normalized spacial score (nSPS) is 21.1. The second kappa shape index (κ2) is 8.67. The Morgan fingerprint density at radius 2 is 0.919 bits per heavy atom. The quantitative estimate of drug-likeness (QED) is 0.155. The predicted octanol–water partition coefficient (Wildman–Crippen LogP) is 6.27. The molecule has 5 aromatic carbocycles. The molecule has 5 aromatic rings. The molecule has 0 N–H and O–H groups in total. The summed E-state index contributed by atoms with van der Waals surface area (Å²) >= 11 is 4.63. The Kier molecular flexibility index (Phi) is 5.60. The van der Waals surface area contributed by atoms with Crippen LogP contribution in [-0.2, 0) is 9.13 Å². The van der Waals surface area contributed by atoms with Gasteiger partial charge in [-0.25, -0.2) is 0 Å². The molecular weight excluding hydrogens is 722 g/mol. The SMILES string of the molecule is O=P1(c2ccccc2)c2ccc(I)cc2N2c3cc(I)ccc3P(=O)(c3ccccc3)c3cccc1c32. The van der Waals surface area contributed by atoms with Gasteiger partial charge in [0.15, 0.2) is 14.3 Å². The second-order valence-corrected chi connectivity index (χ2v) is 17.0. The van der Waals surface area contributed by atoms with Crippen LogP contribution in [0.1, 0.15) is 0 Å². The van der Waals surface area contributed by atoms with E-state index in [4.69, 9.17) is 0 Å². The Morgan fingerprint density at radius 3 is 1.35 bits per heavy atom. The van der Waals surface area contributed by atoms with E-state index in [-0.39, 0.29) is 0 Å². The van der Waals surface area contributed by atoms with Crippen LogP contribution in [0.4, 0.5) is 17.1 Å². The molecule has 2 heterocycles. The van der Waals surface area contributed by atoms with Crippen molar-refractivity contribution in [3.8, 4) is 0 Å². The Hall–Kier alpha value is -2.18. The van der Waals surface area contributed by atoms with Crippen LogP contribution in [0.25, 0.3) is 0 Å². The van der Waals surface area contributed by atoms with Gasteiger partial charge in [-0.3, -0.25) is 0 Å². The molecule has 2 atom stereocenters. The van der Waals surface area contributed by atoms with Gasteiger partial charge in [-0.05, 0) is 93.7 Å². The Morgan fingerprint density at radius 1 is 0.486 bits per heavy atom. The molecule has 0 bridgehead atoms. The fourth-order valence-electron chi connectivity index (χ4n) is 5.60. The fraction of sp³-hybridized carbons (Fsp3) is 0. The van der Waals surface area contributed by atoms with Gasteiger partial charge >= 0.3 is 0 Å². The third kappa shape index (κ3) is 3.30. The molecule has 3 nitrogen and oxygen atoms in total. The molecule has 0 fully saturated rings. The summed E-state index contributed by atoms with van der Waals surface area (Å²) in [4.78, 5) is 2.21. The summed E-state index contributed by atoms with van der Waals surface area (Å²) in [6, 6.07) is 37.6. The number of nitrogens with zero attached hydrogens (tertiary/aromatic N) is 1. The van der Waals surface area contributed by atoms with E-state index in [0.29, 0.717) is 0 Å². The molecular formula is C30H19I2NO2P2. The largest absolute Gasteiger partial charge is 0.308 e. The minimum atomic E-state index is -3.25. The summed E-state index contributed by atoms with van der Waals surface area (Å²) in [5.41, 5.74) is 2.58. The first-order valence-electron chi connectivity index (χ1n) is 11.8. The van der Waals surface area contributed by atoms with E-state index in [1.807, 2.05) is 103 Å². The molecule has 0 radical (unpaired) electrons. The average molecular weight is 741 g/mol. The number of anilines is 3. The van der Waals surface area contributed by atoms with E-state index in [1.54, 1.807) is 0 Å². The van der Waals surface area contributed by atoms with E-state index in [0.717, 1.165) is 56.0 Å². The molecule has 7 heteroatoms. The van der Waals surface area contributed by atoms with Crippen molar-refractivity contribution in [2.45, 2.75) is 0 Å². The minimum absolute atomic E-state index is 0.741. The van der Waals surface area contributed by atoms with Crippen molar-refractivity contribution in [1.29, 1.82) is 0 Å². The van der Waals surface area contributed by atoms with Gasteiger partial charge in [0.25, 0.3) is 0 Å². The minimum Gasteiger partial charge on any atom is -0.308 e. The van der Waals surface area contributed by atoms with Gasteiger partial charge in [-0.2, -0.15) is 0 Å². The van der Waals surface area contributed by atoms with Gasteiger partial charge in [0.2, 0.25) is 0 Å². The van der Waals surface area contributed by atoms with Crippen molar-refractivity contribution in [3.63, 3.8) is 0 Å². The second-order valence-electron chi connectivity index (χ2n) is 9.14. The lowest BCUT2D eigenvalue weighted by molar-refractivity contribution is 0.592. The number of benzene rings is 5. The number of hydrogen-bond donors (Lipinski definition) is 0. The first-order chi connectivity index (χ1) is 17.9. The van der Waals surface area contributed by atoms with Gasteiger partial charge < -0.3 is 14.0 Å². The summed E-state index contributed by atoms with van der Waals surface area (Å²) in [5.74, 6) is 0. The standard InChI is InChI=1S/C30H19I2NO2P2/c31-20-14-16-26-24(18-20)33-25-19-21(32)15-17-27(25)37(35,23-10-5-2-6-11-23)29-13-7-12-28(30(29)33)36(26,34)22-8-3-1-4-9-22/h1-19H. The van der Waals surface area contributed by atoms with Crippen molar-refractivity contribution in [2.75, 3.05) is 4.90 Å². The van der Waals surface area contributed by atoms with Crippen LogP contribution in [0.5, 0.6) is 0 Å². The van der Waals surface area contributed by atoms with Crippen molar-refractivity contribution in [1.82, 2.24) is 0 Å². The van der Waals surface area contributed by atoms with Gasteiger partial charge in [0.1, 0.15) is 0 Å². The zero-order valence-electron chi connectivity index (χ0n) is 19.4. The summed E-state index contributed by atoms with van der Waals surface area (Å²) in [7, 11) is -6.50. The molecule has 0 saturated carbocycles. The molecule has 0 saturated heterocycles. The van der Waals surface area contributed by atoms with E-state index < -0.39 is 14.3 Å². The lowest BCUT2D eigenvalue weighted by atomic mass is 10.1. The first kappa shape index (κ1) is 23.9. The predicted molar refractivity (Wildman–Crippen MR) is 172 cm³/mol. The van der Waals surface area contributed by atoms with E-state index in [1.165, 1.54) is 0 Å². The smallest absolute Gasteiger partial charge is 0.175 e. The van der Waals surface area contributed by atoms with Crippen LogP contribution in [-0.4, -0.2) is 0 Å². The van der Waals surface area contributed by atoms with Gasteiger partial charge in [-0.15, -0.1) is 0 Å². The summed E-state index contributed by atoms with van der Waals surface area (Å²) < 4.78 is 33.0. The van der Waals surface area contributed by atoms with Crippen LogP contribution in [0.15, 0.2) is 115 Å². The molecule has 2 unspecified atom stereocenters. The maximum Gasteiger partial charge on any atom is 0.175 e. The number of para-hydroxylation sites is 1. The molecule has 180 valence electrons. The van der Waals surface area contributed by atoms with Crippen molar-refractivity contribution in [3.05, 3.63) is 122 Å². The fourth-order valence-corrected chi connectivity index (χ4v) is 12.6. The highest BCUT2D eigenvalue weighted by molar-refractivity contribution is 14.1. The van der Waals surface area contributed by atoms with Crippen LogP contribution >= 0.6 is 59.5 Å². The van der Waals surface area contributed by atoms with Gasteiger partial charge in [-0.1, -0.05) is 66.7 Å². The van der Waals surface area contributed by atoms with E-state index >= 15 is 9.13 Å². The maximum atomic E-state index is 15.4. The lowest BCUT2D eigenvalue weighted by Gasteiger charge is -2.44. The van der Waals surface area contributed by atoms with Gasteiger partial charge in [0, 0.05) is 39.0 Å². The first-order valence-corrected chi connectivity index (χ1v) is 17.4. The summed E-state index contributed by atoms with van der Waals surface area (Å²) in [5, 5.41) is 4.67. The topological polar surface area (TPSA) is 37.4 Å². The van der Waals surface area contributed by atoms with Crippen molar-refractivity contribution < 1.29 is 9.13 Å². The molecule has 2 aliphatic rings. The number of halogens is 2.